The highest BCUT2D eigenvalue weighted by atomic mass is 35.5. The topological polar surface area (TPSA) is 137 Å². The largest absolute Gasteiger partial charge is 0.468 e. The van der Waals surface area contributed by atoms with Gasteiger partial charge in [0.15, 0.2) is 0 Å². The summed E-state index contributed by atoms with van der Waals surface area (Å²) in [6, 6.07) is 3.17. The van der Waals surface area contributed by atoms with Crippen molar-refractivity contribution in [3.8, 4) is 0 Å². The molecule has 3 saturated heterocycles. The number of nitrogens with zero attached hydrogens (tertiary/aromatic N) is 4. The quantitative estimate of drug-likeness (QED) is 0.308. The molecule has 0 spiro atoms. The van der Waals surface area contributed by atoms with E-state index in [0.717, 1.165) is 6.42 Å². The zero-order valence-electron chi connectivity index (χ0n) is 28.8. The van der Waals surface area contributed by atoms with E-state index in [4.69, 9.17) is 16.3 Å². The fourth-order valence-electron chi connectivity index (χ4n) is 8.55. The SMILES string of the molecule is CCC[C@@H]1C=C[C@H]2CCN(C(=O)[C@@H]3CC[C@@H]4C=C[C@H]5CCN(C(=O)C(Cc6ccccc6Cl)NC(C)=O)[C@@H]5C(=O)N43)[C@@H]2C(=O)N1CC(=O)OC. The Morgan fingerprint density at radius 1 is 0.920 bits per heavy atom. The number of esters is 1. The Kier molecular flexibility index (Phi) is 10.7. The van der Waals surface area contributed by atoms with E-state index in [1.54, 1.807) is 32.9 Å². The first-order valence-electron chi connectivity index (χ1n) is 17.7. The van der Waals surface area contributed by atoms with E-state index in [2.05, 4.69) is 5.32 Å². The molecule has 0 bridgehead atoms. The molecular weight excluding hydrogens is 662 g/mol. The number of ether oxygens (including phenoxy) is 1. The number of rotatable bonds is 9. The number of benzene rings is 1. The average molecular weight is 708 g/mol. The van der Waals surface area contributed by atoms with Gasteiger partial charge in [-0.2, -0.15) is 0 Å². The van der Waals surface area contributed by atoms with Gasteiger partial charge in [-0.3, -0.25) is 28.8 Å². The Hall–Kier alpha value is -4.19. The lowest BCUT2D eigenvalue weighted by molar-refractivity contribution is -0.155. The van der Waals surface area contributed by atoms with Crippen molar-refractivity contribution in [1.82, 2.24) is 24.9 Å². The number of likely N-dealkylation sites (tertiary alicyclic amines) is 2. The third-order valence-electron chi connectivity index (χ3n) is 10.9. The molecule has 5 aliphatic heterocycles. The minimum Gasteiger partial charge on any atom is -0.468 e. The lowest BCUT2D eigenvalue weighted by atomic mass is 9.97. The number of fused-ring (bicyclic) bond motifs is 3. The molecule has 0 aromatic heterocycles. The van der Waals surface area contributed by atoms with Crippen molar-refractivity contribution in [3.63, 3.8) is 0 Å². The minimum atomic E-state index is -0.932. The summed E-state index contributed by atoms with van der Waals surface area (Å²) >= 11 is 6.41. The summed E-state index contributed by atoms with van der Waals surface area (Å²) in [5, 5.41) is 3.25. The molecule has 6 rings (SSSR count). The molecule has 1 aromatic rings. The number of nitrogens with one attached hydrogen (secondary N) is 1. The number of carbonyl (C=O) groups excluding carboxylic acids is 6. The molecule has 3 fully saturated rings. The minimum absolute atomic E-state index is 0.162. The Labute approximate surface area is 297 Å². The Bertz CT molecular complexity index is 1600. The monoisotopic (exact) mass is 707 g/mol. The van der Waals surface area contributed by atoms with Crippen LogP contribution in [-0.4, -0.2) is 118 Å². The van der Waals surface area contributed by atoms with Crippen molar-refractivity contribution in [1.29, 1.82) is 0 Å². The molecule has 50 heavy (non-hydrogen) atoms. The van der Waals surface area contributed by atoms with Gasteiger partial charge in [-0.15, -0.1) is 0 Å². The van der Waals surface area contributed by atoms with Crippen molar-refractivity contribution in [2.24, 2.45) is 11.8 Å². The first-order chi connectivity index (χ1) is 24.0. The molecule has 0 radical (unpaired) electrons. The van der Waals surface area contributed by atoms with Crippen LogP contribution in [0.15, 0.2) is 48.6 Å². The highest BCUT2D eigenvalue weighted by Crippen LogP contribution is 2.39. The average Bonchev–Trinajstić information content (AvgIpc) is 3.80. The molecule has 8 atom stereocenters. The fourth-order valence-corrected chi connectivity index (χ4v) is 8.76. The number of amides is 5. The standard InChI is InChI=1S/C37H46ClN5O7/c1-4-7-26-12-10-23-17-19-41(32(23)36(48)42(26)21-31(45)50-3)35(47)30-15-14-27-13-11-24-16-18-40(33(24)37(49)43(27)30)34(46)29(39-22(2)44)20-25-8-5-6-9-28(25)38/h5-6,8-13,23-24,26-27,29-30,32-33H,4,7,14-21H2,1-3H3,(H,39,44)/t23-,24-,26+,27-,29?,30-,32-,33-/m0/s1. The second-order valence-corrected chi connectivity index (χ2v) is 14.4. The summed E-state index contributed by atoms with van der Waals surface area (Å²) in [4.78, 5) is 88.4. The second-order valence-electron chi connectivity index (χ2n) is 14.0. The van der Waals surface area contributed by atoms with E-state index in [9.17, 15) is 28.8 Å². The maximum Gasteiger partial charge on any atom is 0.325 e. The van der Waals surface area contributed by atoms with Crippen molar-refractivity contribution in [2.75, 3.05) is 26.7 Å². The molecule has 12 nitrogen and oxygen atoms in total. The van der Waals surface area contributed by atoms with Crippen LogP contribution >= 0.6 is 11.6 Å². The fraction of sp³-hybridized carbons (Fsp3) is 0.568. The first kappa shape index (κ1) is 35.6. The van der Waals surface area contributed by atoms with E-state index in [-0.39, 0.29) is 66.4 Å². The molecule has 5 amide bonds. The highest BCUT2D eigenvalue weighted by Gasteiger charge is 2.54. The van der Waals surface area contributed by atoms with Crippen molar-refractivity contribution < 1.29 is 33.5 Å². The van der Waals surface area contributed by atoms with E-state index >= 15 is 0 Å². The van der Waals surface area contributed by atoms with E-state index in [0.29, 0.717) is 55.8 Å². The number of carbonyl (C=O) groups is 6. The predicted molar refractivity (Wildman–Crippen MR) is 184 cm³/mol. The summed E-state index contributed by atoms with van der Waals surface area (Å²) in [5.41, 5.74) is 0.701. The first-order valence-corrected chi connectivity index (χ1v) is 18.1. The van der Waals surface area contributed by atoms with Gasteiger partial charge in [0.1, 0.15) is 30.7 Å². The summed E-state index contributed by atoms with van der Waals surface area (Å²) in [6.45, 7) is 3.83. The lowest BCUT2D eigenvalue weighted by Gasteiger charge is -2.37. The van der Waals surface area contributed by atoms with Crippen LogP contribution in [0.1, 0.15) is 57.9 Å². The molecular formula is C37H46ClN5O7. The van der Waals surface area contributed by atoms with Gasteiger partial charge in [0, 0.05) is 43.3 Å². The summed E-state index contributed by atoms with van der Waals surface area (Å²) in [7, 11) is 1.29. The number of hydrogen-bond acceptors (Lipinski definition) is 7. The van der Waals surface area contributed by atoms with Crippen molar-refractivity contribution in [3.05, 3.63) is 59.2 Å². The maximum atomic E-state index is 14.6. The molecule has 5 aliphatic rings. The molecule has 13 heteroatoms. The molecule has 0 aliphatic carbocycles. The molecule has 1 N–H and O–H groups in total. The Balaban J connectivity index is 1.24. The number of halogens is 1. The molecule has 268 valence electrons. The third-order valence-corrected chi connectivity index (χ3v) is 11.3. The van der Waals surface area contributed by atoms with Crippen LogP contribution in [-0.2, 0) is 39.9 Å². The van der Waals surface area contributed by atoms with E-state index in [1.165, 1.54) is 18.9 Å². The normalized spacial score (nSPS) is 29.2. The summed E-state index contributed by atoms with van der Waals surface area (Å²) in [5.74, 6) is -2.60. The van der Waals surface area contributed by atoms with Crippen LogP contribution < -0.4 is 5.32 Å². The van der Waals surface area contributed by atoms with E-state index in [1.807, 2.05) is 37.3 Å². The van der Waals surface area contributed by atoms with Crippen LogP contribution in [0, 0.1) is 11.8 Å². The van der Waals surface area contributed by atoms with Crippen LogP contribution in [0.5, 0.6) is 0 Å². The van der Waals surface area contributed by atoms with Crippen LogP contribution in [0.2, 0.25) is 5.02 Å². The van der Waals surface area contributed by atoms with Crippen LogP contribution in [0.4, 0.5) is 0 Å². The Morgan fingerprint density at radius 3 is 2.28 bits per heavy atom. The van der Waals surface area contributed by atoms with E-state index < -0.39 is 30.1 Å². The van der Waals surface area contributed by atoms with Gasteiger partial charge in [0.25, 0.3) is 0 Å². The summed E-state index contributed by atoms with van der Waals surface area (Å²) < 4.78 is 4.90. The van der Waals surface area contributed by atoms with Gasteiger partial charge >= 0.3 is 5.97 Å². The van der Waals surface area contributed by atoms with Gasteiger partial charge in [0.2, 0.25) is 29.5 Å². The number of hydrogen-bond donors (Lipinski definition) is 1. The maximum absolute atomic E-state index is 14.6. The van der Waals surface area contributed by atoms with Crippen LogP contribution in [0.3, 0.4) is 0 Å². The molecule has 0 saturated carbocycles. The second kappa shape index (κ2) is 15.0. The smallest absolute Gasteiger partial charge is 0.325 e. The zero-order valence-corrected chi connectivity index (χ0v) is 29.6. The predicted octanol–water partition coefficient (Wildman–Crippen LogP) is 2.49. The van der Waals surface area contributed by atoms with Gasteiger partial charge in [-0.25, -0.2) is 0 Å². The van der Waals surface area contributed by atoms with Crippen LogP contribution in [0.25, 0.3) is 0 Å². The molecule has 1 aromatic carbocycles. The Morgan fingerprint density at radius 2 is 1.60 bits per heavy atom. The van der Waals surface area contributed by atoms with Gasteiger partial charge in [-0.05, 0) is 43.7 Å². The molecule has 1 unspecified atom stereocenters. The summed E-state index contributed by atoms with van der Waals surface area (Å²) in [6.07, 6.45) is 11.8. The van der Waals surface area contributed by atoms with Crippen molar-refractivity contribution in [2.45, 2.75) is 95.0 Å². The molecule has 5 heterocycles. The zero-order chi connectivity index (χ0) is 35.7. The van der Waals surface area contributed by atoms with Gasteiger partial charge in [0.05, 0.1) is 19.2 Å². The number of methoxy groups -OCH3 is 1. The lowest BCUT2D eigenvalue weighted by Crippen LogP contribution is -2.60. The van der Waals surface area contributed by atoms with Gasteiger partial charge in [-0.1, -0.05) is 67.4 Å². The van der Waals surface area contributed by atoms with Gasteiger partial charge < -0.3 is 29.7 Å². The van der Waals surface area contributed by atoms with Crippen molar-refractivity contribution >= 4 is 47.1 Å². The highest BCUT2D eigenvalue weighted by molar-refractivity contribution is 6.31. The third kappa shape index (κ3) is 6.78.